The third kappa shape index (κ3) is 4.95. The fraction of sp³-hybridized carbons (Fsp3) is 0.765. The molecule has 1 aliphatic rings. The molecular weight excluding hydrogens is 248 g/mol. The summed E-state index contributed by atoms with van der Waals surface area (Å²) in [6, 6.07) is 3.46. The van der Waals surface area contributed by atoms with Gasteiger partial charge in [0.2, 0.25) is 0 Å². The molecule has 3 nitrogen and oxygen atoms in total. The van der Waals surface area contributed by atoms with Crippen LogP contribution >= 0.6 is 0 Å². The van der Waals surface area contributed by atoms with E-state index in [2.05, 4.69) is 37.1 Å². The normalized spacial score (nSPS) is 15.4. The number of hydrogen-bond acceptors (Lipinski definition) is 3. The number of rotatable bonds is 10. The molecule has 1 heterocycles. The molecule has 0 aromatic carbocycles. The van der Waals surface area contributed by atoms with Gasteiger partial charge in [0.1, 0.15) is 5.76 Å². The molecule has 3 heteroatoms. The molecule has 0 saturated heterocycles. The monoisotopic (exact) mass is 278 g/mol. The van der Waals surface area contributed by atoms with Gasteiger partial charge >= 0.3 is 0 Å². The molecule has 20 heavy (non-hydrogen) atoms. The third-order valence-corrected chi connectivity index (χ3v) is 4.12. The van der Waals surface area contributed by atoms with Crippen molar-refractivity contribution in [2.45, 2.75) is 78.0 Å². The maximum absolute atomic E-state index is 5.66. The van der Waals surface area contributed by atoms with Gasteiger partial charge in [-0.2, -0.15) is 0 Å². The minimum Gasteiger partial charge on any atom is -0.468 e. The van der Waals surface area contributed by atoms with Crippen molar-refractivity contribution >= 4 is 0 Å². The van der Waals surface area contributed by atoms with Crippen LogP contribution in [0.2, 0.25) is 0 Å². The van der Waals surface area contributed by atoms with Gasteiger partial charge in [-0.25, -0.2) is 0 Å². The van der Waals surface area contributed by atoms with Crippen molar-refractivity contribution in [3.63, 3.8) is 0 Å². The van der Waals surface area contributed by atoms with Crippen molar-refractivity contribution in [3.8, 4) is 0 Å². The summed E-state index contributed by atoms with van der Waals surface area (Å²) in [5.41, 5.74) is 1.35. The molecule has 0 atom stereocenters. The molecule has 0 amide bonds. The highest BCUT2D eigenvalue weighted by Crippen LogP contribution is 2.21. The van der Waals surface area contributed by atoms with E-state index < -0.39 is 0 Å². The largest absolute Gasteiger partial charge is 0.468 e. The zero-order valence-corrected chi connectivity index (χ0v) is 13.3. The van der Waals surface area contributed by atoms with Crippen LogP contribution in [0, 0.1) is 0 Å². The molecule has 1 N–H and O–H groups in total. The second-order valence-corrected chi connectivity index (χ2v) is 6.30. The Bertz CT molecular complexity index is 382. The van der Waals surface area contributed by atoms with E-state index in [9.17, 15) is 0 Å². The Kier molecular flexibility index (Phi) is 6.11. The number of unbranched alkanes of at least 4 members (excludes halogenated alkanes) is 2. The highest BCUT2D eigenvalue weighted by Gasteiger charge is 2.21. The first kappa shape index (κ1) is 15.6. The molecular formula is C17H30N2O. The molecule has 114 valence electrons. The average molecular weight is 278 g/mol. The number of hydrogen-bond donors (Lipinski definition) is 1. The first-order valence-corrected chi connectivity index (χ1v) is 8.23. The summed E-state index contributed by atoms with van der Waals surface area (Å²) < 4.78 is 5.66. The fourth-order valence-corrected chi connectivity index (χ4v) is 2.49. The van der Waals surface area contributed by atoms with E-state index in [1.807, 2.05) is 6.26 Å². The quantitative estimate of drug-likeness (QED) is 0.657. The van der Waals surface area contributed by atoms with Crippen LogP contribution in [0.25, 0.3) is 0 Å². The number of nitrogens with one attached hydrogen (secondary N) is 1. The first-order chi connectivity index (χ1) is 9.70. The van der Waals surface area contributed by atoms with Crippen molar-refractivity contribution < 1.29 is 4.42 Å². The summed E-state index contributed by atoms with van der Waals surface area (Å²) in [6.07, 6.45) is 8.39. The lowest BCUT2D eigenvalue weighted by Gasteiger charge is -2.26. The third-order valence-electron chi connectivity index (χ3n) is 4.12. The van der Waals surface area contributed by atoms with Crippen LogP contribution < -0.4 is 5.32 Å². The summed E-state index contributed by atoms with van der Waals surface area (Å²) in [4.78, 5) is 2.56. The fourth-order valence-electron chi connectivity index (χ4n) is 2.49. The van der Waals surface area contributed by atoms with E-state index in [-0.39, 0.29) is 0 Å². The van der Waals surface area contributed by atoms with Gasteiger partial charge in [-0.05, 0) is 45.7 Å². The average Bonchev–Trinajstić information content (AvgIpc) is 3.15. The van der Waals surface area contributed by atoms with Gasteiger partial charge in [-0.1, -0.05) is 19.8 Å². The lowest BCUT2D eigenvalue weighted by molar-refractivity contribution is 0.207. The standard InChI is InChI=1S/C17H30N2O/c1-4-5-6-10-19(14(2)3)13-15-9-11-20-17(15)12-18-16-7-8-16/h9,11,14,16,18H,4-8,10,12-13H2,1-3H3. The zero-order chi connectivity index (χ0) is 14.4. The lowest BCUT2D eigenvalue weighted by atomic mass is 10.1. The highest BCUT2D eigenvalue weighted by atomic mass is 16.3. The van der Waals surface area contributed by atoms with Crippen molar-refractivity contribution in [1.29, 1.82) is 0 Å². The molecule has 0 aliphatic heterocycles. The zero-order valence-electron chi connectivity index (χ0n) is 13.3. The van der Waals surface area contributed by atoms with E-state index in [1.54, 1.807) is 0 Å². The highest BCUT2D eigenvalue weighted by molar-refractivity contribution is 5.17. The van der Waals surface area contributed by atoms with Gasteiger partial charge in [0.25, 0.3) is 0 Å². The molecule has 1 fully saturated rings. The molecule has 1 aromatic rings. The molecule has 0 spiro atoms. The number of nitrogens with zero attached hydrogens (tertiary/aromatic N) is 1. The van der Waals surface area contributed by atoms with Crippen LogP contribution in [0.4, 0.5) is 0 Å². The smallest absolute Gasteiger partial charge is 0.122 e. The van der Waals surface area contributed by atoms with Crippen LogP contribution in [-0.2, 0) is 13.1 Å². The molecule has 1 aliphatic carbocycles. The van der Waals surface area contributed by atoms with E-state index in [1.165, 1.54) is 44.2 Å². The van der Waals surface area contributed by atoms with E-state index in [4.69, 9.17) is 4.42 Å². The second-order valence-electron chi connectivity index (χ2n) is 6.30. The maximum Gasteiger partial charge on any atom is 0.122 e. The molecule has 0 bridgehead atoms. The Morgan fingerprint density at radius 1 is 1.35 bits per heavy atom. The Hall–Kier alpha value is -0.800. The van der Waals surface area contributed by atoms with Crippen molar-refractivity contribution in [2.24, 2.45) is 0 Å². The van der Waals surface area contributed by atoms with Crippen molar-refractivity contribution in [1.82, 2.24) is 10.2 Å². The van der Waals surface area contributed by atoms with E-state index in [0.717, 1.165) is 24.9 Å². The first-order valence-electron chi connectivity index (χ1n) is 8.23. The van der Waals surface area contributed by atoms with Gasteiger partial charge in [0, 0.05) is 24.2 Å². The van der Waals surface area contributed by atoms with Crippen LogP contribution in [0.15, 0.2) is 16.7 Å². The van der Waals surface area contributed by atoms with Gasteiger partial charge in [-0.3, -0.25) is 4.90 Å². The van der Waals surface area contributed by atoms with Gasteiger partial charge in [-0.15, -0.1) is 0 Å². The Morgan fingerprint density at radius 2 is 2.15 bits per heavy atom. The topological polar surface area (TPSA) is 28.4 Å². The molecule has 1 aromatic heterocycles. The lowest BCUT2D eigenvalue weighted by Crippen LogP contribution is -2.31. The van der Waals surface area contributed by atoms with Crippen molar-refractivity contribution in [2.75, 3.05) is 6.54 Å². The number of furan rings is 1. The Morgan fingerprint density at radius 3 is 2.80 bits per heavy atom. The molecule has 0 unspecified atom stereocenters. The summed E-state index contributed by atoms with van der Waals surface area (Å²) in [6.45, 7) is 9.92. The van der Waals surface area contributed by atoms with Gasteiger partial charge < -0.3 is 9.73 Å². The van der Waals surface area contributed by atoms with Crippen LogP contribution in [0.3, 0.4) is 0 Å². The minimum absolute atomic E-state index is 0.589. The summed E-state index contributed by atoms with van der Waals surface area (Å²) in [7, 11) is 0. The molecule has 2 rings (SSSR count). The van der Waals surface area contributed by atoms with Crippen LogP contribution in [0.1, 0.15) is 64.2 Å². The maximum atomic E-state index is 5.66. The van der Waals surface area contributed by atoms with E-state index >= 15 is 0 Å². The summed E-state index contributed by atoms with van der Waals surface area (Å²) >= 11 is 0. The van der Waals surface area contributed by atoms with Crippen molar-refractivity contribution in [3.05, 3.63) is 23.7 Å². The van der Waals surface area contributed by atoms with Crippen LogP contribution in [0.5, 0.6) is 0 Å². The summed E-state index contributed by atoms with van der Waals surface area (Å²) in [5, 5.41) is 3.54. The van der Waals surface area contributed by atoms with Gasteiger partial charge in [0.15, 0.2) is 0 Å². The summed E-state index contributed by atoms with van der Waals surface area (Å²) in [5.74, 6) is 1.12. The Labute approximate surface area is 123 Å². The van der Waals surface area contributed by atoms with Gasteiger partial charge in [0.05, 0.1) is 12.8 Å². The molecule has 1 saturated carbocycles. The predicted molar refractivity (Wildman–Crippen MR) is 83.6 cm³/mol. The molecule has 0 radical (unpaired) electrons. The van der Waals surface area contributed by atoms with E-state index in [0.29, 0.717) is 6.04 Å². The second kappa shape index (κ2) is 7.84. The Balaban J connectivity index is 1.86. The SMILES string of the molecule is CCCCCN(Cc1ccoc1CNC1CC1)C(C)C. The predicted octanol–water partition coefficient (Wildman–Crippen LogP) is 3.93. The van der Waals surface area contributed by atoms with Crippen LogP contribution in [-0.4, -0.2) is 23.5 Å². The minimum atomic E-state index is 0.589.